The van der Waals surface area contributed by atoms with Gasteiger partial charge in [0.2, 0.25) is 0 Å². The van der Waals surface area contributed by atoms with Crippen LogP contribution in [0.1, 0.15) is 0 Å². The summed E-state index contributed by atoms with van der Waals surface area (Å²) < 4.78 is 0. The Hall–Kier alpha value is 0.210. The summed E-state index contributed by atoms with van der Waals surface area (Å²) in [5.41, 5.74) is 0. The van der Waals surface area contributed by atoms with Crippen molar-refractivity contribution >= 4 is 21.8 Å². The van der Waals surface area contributed by atoms with E-state index >= 15 is 0 Å². The third kappa shape index (κ3) is 1.06. The number of rotatable bonds is 0. The quantitative estimate of drug-likeness (QED) is 0.470. The van der Waals surface area contributed by atoms with Crippen LogP contribution in [0.4, 0.5) is 0 Å². The zero-order chi connectivity index (χ0) is 5.28. The molecule has 7 heavy (non-hydrogen) atoms. The molecular formula is C5H6P2. The predicted molar refractivity (Wildman–Crippen MR) is 36.7 cm³/mol. The zero-order valence-electron chi connectivity index (χ0n) is 4.13. The first-order valence-electron chi connectivity index (χ1n) is 2.11. The van der Waals surface area contributed by atoms with Gasteiger partial charge in [0.05, 0.1) is 0 Å². The van der Waals surface area contributed by atoms with E-state index < -0.39 is 0 Å². The van der Waals surface area contributed by atoms with Crippen molar-refractivity contribution in [2.24, 2.45) is 6.66 Å². The maximum Gasteiger partial charge on any atom is 0.00501 e. The van der Waals surface area contributed by atoms with Gasteiger partial charge in [-0.05, 0) is 27.8 Å². The lowest BCUT2D eigenvalue weighted by molar-refractivity contribution is 2.06. The molecule has 0 aliphatic carbocycles. The van der Waals surface area contributed by atoms with Gasteiger partial charge in [-0.3, -0.25) is 0 Å². The first kappa shape index (κ1) is 5.35. The van der Waals surface area contributed by atoms with Crippen molar-refractivity contribution in [3.8, 4) is 0 Å². The molecular weight excluding hydrogens is 122 g/mol. The first-order valence-corrected chi connectivity index (χ1v) is 4.41. The lowest BCUT2D eigenvalue weighted by atomic mass is 10.7. The highest BCUT2D eigenvalue weighted by Gasteiger charge is 1.86. The molecule has 1 unspecified atom stereocenters. The van der Waals surface area contributed by atoms with Crippen molar-refractivity contribution in [2.75, 3.05) is 0 Å². The van der Waals surface area contributed by atoms with Gasteiger partial charge in [-0.1, -0.05) is 6.07 Å². The van der Waals surface area contributed by atoms with Crippen LogP contribution in [0, 0.1) is 0 Å². The van der Waals surface area contributed by atoms with E-state index in [-0.39, 0.29) is 7.53 Å². The monoisotopic (exact) mass is 128 g/mol. The summed E-state index contributed by atoms with van der Waals surface area (Å²) in [6.45, 7) is 2.19. The molecule has 0 saturated heterocycles. The smallest absolute Gasteiger partial charge is 0.00501 e. The van der Waals surface area contributed by atoms with E-state index in [9.17, 15) is 0 Å². The van der Waals surface area contributed by atoms with Gasteiger partial charge in [0.25, 0.3) is 0 Å². The summed E-state index contributed by atoms with van der Waals surface area (Å²) in [5.74, 6) is 2.19. The molecule has 0 saturated carbocycles. The van der Waals surface area contributed by atoms with Gasteiger partial charge < -0.3 is 0 Å². The molecule has 0 bridgehead atoms. The summed E-state index contributed by atoms with van der Waals surface area (Å²) in [5, 5.41) is 1.23. The van der Waals surface area contributed by atoms with Crippen LogP contribution in [0.25, 0.3) is 0 Å². The normalized spacial score (nSPS) is 12.0. The molecule has 0 fully saturated rings. The molecule has 1 aromatic rings. The highest BCUT2D eigenvalue weighted by atomic mass is 31.1. The number of hydrogen-bond acceptors (Lipinski definition) is 0. The van der Waals surface area contributed by atoms with Gasteiger partial charge in [-0.15, -0.1) is 7.53 Å². The molecule has 0 aliphatic rings. The van der Waals surface area contributed by atoms with Crippen molar-refractivity contribution < 1.29 is 0 Å². The second kappa shape index (κ2) is 1.99. The van der Waals surface area contributed by atoms with Gasteiger partial charge >= 0.3 is 0 Å². The van der Waals surface area contributed by atoms with Crippen molar-refractivity contribution in [3.63, 3.8) is 0 Å². The van der Waals surface area contributed by atoms with E-state index in [2.05, 4.69) is 33.8 Å². The zero-order valence-corrected chi connectivity index (χ0v) is 5.92. The van der Waals surface area contributed by atoms with Crippen LogP contribution in [0.3, 0.4) is 0 Å². The highest BCUT2D eigenvalue weighted by molar-refractivity contribution is 7.62. The predicted octanol–water partition coefficient (Wildman–Crippen LogP) is 2.25. The van der Waals surface area contributed by atoms with Crippen LogP contribution in [0.5, 0.6) is 0 Å². The van der Waals surface area contributed by atoms with Crippen LogP contribution in [0.15, 0.2) is 17.9 Å². The Bertz CT molecular complexity index is 138. The molecule has 2 radical (unpaired) electrons. The van der Waals surface area contributed by atoms with Gasteiger partial charge in [0.1, 0.15) is 0 Å². The van der Waals surface area contributed by atoms with Gasteiger partial charge in [0, 0.05) is 5.04 Å². The van der Waals surface area contributed by atoms with E-state index in [0.717, 1.165) is 0 Å². The van der Waals surface area contributed by atoms with Crippen LogP contribution >= 0.6 is 16.8 Å². The summed E-state index contributed by atoms with van der Waals surface area (Å²) in [7, 11) is 4.23. The topological polar surface area (TPSA) is 0 Å². The lowest BCUT2D eigenvalue weighted by Crippen LogP contribution is -1.73. The fraction of sp³-hybridized carbons (Fsp3) is 0.200. The van der Waals surface area contributed by atoms with Gasteiger partial charge in [-0.25, -0.2) is 0 Å². The molecule has 1 aromatic heterocycles. The minimum atomic E-state index is 0.0185. The lowest BCUT2D eigenvalue weighted by Gasteiger charge is -1.81. The van der Waals surface area contributed by atoms with Crippen molar-refractivity contribution in [2.45, 2.75) is 0 Å². The fourth-order valence-corrected chi connectivity index (χ4v) is 1.56. The van der Waals surface area contributed by atoms with Crippen LogP contribution in [-0.2, 0) is 6.66 Å². The summed E-state index contributed by atoms with van der Waals surface area (Å²) in [6, 6.07) is 4.11. The third-order valence-electron chi connectivity index (χ3n) is 0.916. The second-order valence-electron chi connectivity index (χ2n) is 1.48. The van der Waals surface area contributed by atoms with Crippen molar-refractivity contribution in [1.82, 2.24) is 0 Å². The Morgan fingerprint density at radius 1 is 1.71 bits per heavy atom. The van der Waals surface area contributed by atoms with Crippen molar-refractivity contribution in [3.05, 3.63) is 17.9 Å². The average molecular weight is 128 g/mol. The highest BCUT2D eigenvalue weighted by Crippen LogP contribution is 2.20. The Morgan fingerprint density at radius 2 is 2.43 bits per heavy atom. The maximum atomic E-state index is 4.21. The molecule has 36 valence electrons. The Kier molecular flexibility index (Phi) is 1.52. The molecule has 0 N–H and O–H groups in total. The number of hydrogen-bond donors (Lipinski definition) is 0. The van der Waals surface area contributed by atoms with Crippen molar-refractivity contribution in [1.29, 1.82) is 0 Å². The van der Waals surface area contributed by atoms with E-state index in [1.807, 2.05) is 0 Å². The SMILES string of the molecule is Cp1cccc1[P]. The average Bonchev–Trinajstić information content (AvgIpc) is 1.91. The van der Waals surface area contributed by atoms with E-state index in [1.54, 1.807) is 0 Å². The first-order chi connectivity index (χ1) is 3.30. The Morgan fingerprint density at radius 3 is 2.57 bits per heavy atom. The molecule has 0 nitrogen and oxygen atoms in total. The van der Waals surface area contributed by atoms with Gasteiger partial charge in [0.15, 0.2) is 0 Å². The summed E-state index contributed by atoms with van der Waals surface area (Å²) in [6.07, 6.45) is 0. The minimum absolute atomic E-state index is 0.0185. The third-order valence-corrected chi connectivity index (χ3v) is 3.50. The van der Waals surface area contributed by atoms with E-state index in [1.165, 1.54) is 5.04 Å². The molecule has 2 heteroatoms. The molecule has 1 atom stereocenters. The molecule has 0 aromatic carbocycles. The molecule has 1 heterocycles. The Balaban J connectivity index is 3.12. The molecule has 0 spiro atoms. The fourth-order valence-electron chi connectivity index (χ4n) is 0.452. The molecule has 0 amide bonds. The standard InChI is InChI=1S/C5H6P2/c1-7-4-2-3-5(7)6/h2-4H,1H3. The Labute approximate surface area is 47.2 Å². The summed E-state index contributed by atoms with van der Waals surface area (Å²) >= 11 is 0. The summed E-state index contributed by atoms with van der Waals surface area (Å²) in [4.78, 5) is 0. The number of aryl methyl sites for hydroxylation is 1. The molecule has 1 rings (SSSR count). The minimum Gasteiger partial charge on any atom is -0.119 e. The second-order valence-corrected chi connectivity index (χ2v) is 4.31. The van der Waals surface area contributed by atoms with Crippen LogP contribution < -0.4 is 5.04 Å². The van der Waals surface area contributed by atoms with E-state index in [4.69, 9.17) is 0 Å². The van der Waals surface area contributed by atoms with Crippen LogP contribution in [0.2, 0.25) is 0 Å². The van der Waals surface area contributed by atoms with Gasteiger partial charge in [-0.2, -0.15) is 0 Å². The largest absolute Gasteiger partial charge is 0.119 e. The molecule has 0 aliphatic heterocycles. The van der Waals surface area contributed by atoms with Crippen LogP contribution in [-0.4, -0.2) is 0 Å². The van der Waals surface area contributed by atoms with E-state index in [0.29, 0.717) is 0 Å². The maximum absolute atomic E-state index is 4.21.